The first-order valence-electron chi connectivity index (χ1n) is 9.59. The highest BCUT2D eigenvalue weighted by Crippen LogP contribution is 2.32. The first kappa shape index (κ1) is 22.7. The molecule has 1 aliphatic heterocycles. The Kier molecular flexibility index (Phi) is 6.54. The van der Waals surface area contributed by atoms with Crippen LogP contribution in [0.4, 0.5) is 15.0 Å². The van der Waals surface area contributed by atoms with Crippen molar-refractivity contribution in [2.45, 2.75) is 51.8 Å². The Bertz CT molecular complexity index is 956. The molecule has 8 nitrogen and oxygen atoms in total. The molecule has 0 aliphatic carbocycles. The van der Waals surface area contributed by atoms with Crippen LogP contribution in [0.5, 0.6) is 0 Å². The second-order valence-electron chi connectivity index (χ2n) is 8.13. The van der Waals surface area contributed by atoms with Crippen molar-refractivity contribution in [2.75, 3.05) is 24.6 Å². The van der Waals surface area contributed by atoms with E-state index in [-0.39, 0.29) is 35.1 Å². The number of halogens is 3. The monoisotopic (exact) mass is 459 g/mol. The topological polar surface area (TPSA) is 91.7 Å². The number of fused-ring (bicyclic) bond motifs is 1. The van der Waals surface area contributed by atoms with Crippen LogP contribution in [-0.2, 0) is 4.74 Å². The maximum Gasteiger partial charge on any atom is 0.410 e. The van der Waals surface area contributed by atoms with Gasteiger partial charge in [0.05, 0.1) is 24.1 Å². The number of carbonyl (C=O) groups is 1. The summed E-state index contributed by atoms with van der Waals surface area (Å²) >= 11 is 11.8. The first-order chi connectivity index (χ1) is 14.0. The number of aliphatic hydroxyl groups excluding tert-OH is 1. The van der Waals surface area contributed by atoms with Gasteiger partial charge in [-0.2, -0.15) is 4.98 Å². The average molecular weight is 460 g/mol. The number of ether oxygens (including phenoxy) is 1. The summed E-state index contributed by atoms with van der Waals surface area (Å²) in [5.74, 6) is -0.480. The van der Waals surface area contributed by atoms with Gasteiger partial charge in [-0.25, -0.2) is 19.2 Å². The Hall–Kier alpha value is -1.97. The molecule has 2 aromatic heterocycles. The van der Waals surface area contributed by atoms with Crippen LogP contribution in [0.1, 0.15) is 34.1 Å². The highest BCUT2D eigenvalue weighted by atomic mass is 35.5. The molecule has 1 fully saturated rings. The summed E-state index contributed by atoms with van der Waals surface area (Å²) < 4.78 is 19.7. The number of rotatable bonds is 3. The molecule has 0 spiro atoms. The van der Waals surface area contributed by atoms with Crippen molar-refractivity contribution in [3.8, 4) is 0 Å². The number of amides is 1. The molecule has 0 bridgehead atoms. The van der Waals surface area contributed by atoms with E-state index in [1.807, 2.05) is 20.8 Å². The molecule has 30 heavy (non-hydrogen) atoms. The van der Waals surface area contributed by atoms with E-state index in [2.05, 4.69) is 15.0 Å². The Morgan fingerprint density at radius 2 is 2.07 bits per heavy atom. The molecule has 2 atom stereocenters. The van der Waals surface area contributed by atoms with Gasteiger partial charge >= 0.3 is 6.09 Å². The smallest absolute Gasteiger partial charge is 0.410 e. The van der Waals surface area contributed by atoms with Crippen LogP contribution in [0.15, 0.2) is 6.20 Å². The fourth-order valence-corrected chi connectivity index (χ4v) is 4.11. The number of piperidine rings is 1. The van der Waals surface area contributed by atoms with Gasteiger partial charge in [-0.05, 0) is 45.7 Å². The van der Waals surface area contributed by atoms with Crippen molar-refractivity contribution in [1.82, 2.24) is 19.9 Å². The van der Waals surface area contributed by atoms with Gasteiger partial charge in [0.2, 0.25) is 5.28 Å². The first-order valence-corrected chi connectivity index (χ1v) is 10.3. The van der Waals surface area contributed by atoms with Crippen molar-refractivity contribution in [3.05, 3.63) is 22.5 Å². The molecule has 0 radical (unpaired) electrons. The Balaban J connectivity index is 2.04. The minimum absolute atomic E-state index is 0.0558. The van der Waals surface area contributed by atoms with Crippen LogP contribution in [0.2, 0.25) is 10.4 Å². The summed E-state index contributed by atoms with van der Waals surface area (Å²) in [6.45, 7) is 8.23. The van der Waals surface area contributed by atoms with E-state index in [1.54, 1.807) is 16.7 Å². The third kappa shape index (κ3) is 4.53. The van der Waals surface area contributed by atoms with Crippen LogP contribution in [-0.4, -0.2) is 68.4 Å². The van der Waals surface area contributed by atoms with E-state index in [4.69, 9.17) is 27.9 Å². The lowest BCUT2D eigenvalue weighted by molar-refractivity contribution is 0.0225. The van der Waals surface area contributed by atoms with Crippen LogP contribution in [0, 0.1) is 5.82 Å². The molecular weight excluding hydrogens is 436 g/mol. The number of aliphatic hydroxyl groups is 1. The maximum absolute atomic E-state index is 14.5. The average Bonchev–Trinajstić information content (AvgIpc) is 2.63. The number of β-amino-alcohol motifs (C(OH)–C–C–N with tert-alkyl or cyclic N) is 1. The van der Waals surface area contributed by atoms with E-state index in [1.165, 1.54) is 6.20 Å². The highest BCUT2D eigenvalue weighted by molar-refractivity contribution is 6.30. The summed E-state index contributed by atoms with van der Waals surface area (Å²) in [5, 5.41) is 10.4. The highest BCUT2D eigenvalue weighted by Gasteiger charge is 2.39. The zero-order chi connectivity index (χ0) is 22.2. The lowest BCUT2D eigenvalue weighted by atomic mass is 9.96. The van der Waals surface area contributed by atoms with Crippen molar-refractivity contribution in [3.63, 3.8) is 0 Å². The number of aromatic nitrogens is 3. The van der Waals surface area contributed by atoms with Crippen molar-refractivity contribution in [2.24, 2.45) is 0 Å². The van der Waals surface area contributed by atoms with Crippen molar-refractivity contribution in [1.29, 1.82) is 0 Å². The molecule has 3 heterocycles. The molecule has 1 N–H and O–H groups in total. The number of hydrogen-bond acceptors (Lipinski definition) is 7. The van der Waals surface area contributed by atoms with E-state index in [0.717, 1.165) is 0 Å². The summed E-state index contributed by atoms with van der Waals surface area (Å²) in [6.07, 6.45) is 0.517. The lowest BCUT2D eigenvalue weighted by Crippen LogP contribution is -2.60. The van der Waals surface area contributed by atoms with Gasteiger partial charge < -0.3 is 14.7 Å². The van der Waals surface area contributed by atoms with Gasteiger partial charge in [0.1, 0.15) is 11.3 Å². The van der Waals surface area contributed by atoms with Gasteiger partial charge in [0.25, 0.3) is 0 Å². The number of anilines is 1. The predicted octanol–water partition coefficient (Wildman–Crippen LogP) is 3.67. The molecule has 1 aliphatic rings. The molecular formula is C19H24Cl2FN5O3. The van der Waals surface area contributed by atoms with Gasteiger partial charge in [0, 0.05) is 24.8 Å². The molecule has 11 heteroatoms. The van der Waals surface area contributed by atoms with Gasteiger partial charge in [-0.15, -0.1) is 0 Å². The fourth-order valence-electron chi connectivity index (χ4n) is 3.80. The largest absolute Gasteiger partial charge is 0.450 e. The Labute approximate surface area is 184 Å². The van der Waals surface area contributed by atoms with Crippen LogP contribution in [0.25, 0.3) is 10.9 Å². The predicted molar refractivity (Wildman–Crippen MR) is 113 cm³/mol. The third-order valence-electron chi connectivity index (χ3n) is 4.85. The summed E-state index contributed by atoms with van der Waals surface area (Å²) in [7, 11) is 0. The second-order valence-corrected chi connectivity index (χ2v) is 8.83. The van der Waals surface area contributed by atoms with Gasteiger partial charge in [-0.3, -0.25) is 4.90 Å². The SMILES string of the molecule is CCOC(=O)N([C@@H]1C[C@H](O)CN(c2nc(Cl)nc3c(F)c(Cl)ncc23)C1)C(C)(C)C. The quantitative estimate of drug-likeness (QED) is 0.552. The van der Waals surface area contributed by atoms with E-state index >= 15 is 0 Å². The minimum atomic E-state index is -0.795. The van der Waals surface area contributed by atoms with E-state index in [0.29, 0.717) is 24.2 Å². The summed E-state index contributed by atoms with van der Waals surface area (Å²) in [5.41, 5.74) is -0.605. The molecule has 164 valence electrons. The van der Waals surface area contributed by atoms with Crippen molar-refractivity contribution < 1.29 is 19.0 Å². The van der Waals surface area contributed by atoms with Crippen LogP contribution < -0.4 is 4.90 Å². The second kappa shape index (κ2) is 8.64. The summed E-state index contributed by atoms with van der Waals surface area (Å²) in [4.78, 5) is 28.1. The van der Waals surface area contributed by atoms with Crippen LogP contribution in [0.3, 0.4) is 0 Å². The standard InChI is InChI=1S/C19H24Cl2FN5O3/c1-5-30-18(29)27(19(2,3)4)10-6-11(28)9-26(8-10)16-12-7-23-15(20)13(22)14(12)24-17(21)25-16/h7,10-11,28H,5-6,8-9H2,1-4H3/t10-,11+/m1/s1. The zero-order valence-electron chi connectivity index (χ0n) is 17.2. The molecule has 0 unspecified atom stereocenters. The normalized spacial score (nSPS) is 19.8. The summed E-state index contributed by atoms with van der Waals surface area (Å²) in [6, 6.07) is -0.373. The van der Waals surface area contributed by atoms with E-state index < -0.39 is 23.6 Å². The number of hydrogen-bond donors (Lipinski definition) is 1. The van der Waals surface area contributed by atoms with Gasteiger partial charge in [-0.1, -0.05) is 11.6 Å². The zero-order valence-corrected chi connectivity index (χ0v) is 18.7. The van der Waals surface area contributed by atoms with E-state index in [9.17, 15) is 14.3 Å². The van der Waals surface area contributed by atoms with Crippen molar-refractivity contribution >= 4 is 46.0 Å². The molecule has 1 amide bonds. The molecule has 2 aromatic rings. The molecule has 3 rings (SSSR count). The third-order valence-corrected chi connectivity index (χ3v) is 5.29. The fraction of sp³-hybridized carbons (Fsp3) is 0.579. The Morgan fingerprint density at radius 3 is 2.70 bits per heavy atom. The molecule has 1 saturated heterocycles. The molecule has 0 saturated carbocycles. The maximum atomic E-state index is 14.5. The number of carbonyl (C=O) groups excluding carboxylic acids is 1. The minimum Gasteiger partial charge on any atom is -0.450 e. The van der Waals surface area contributed by atoms with Gasteiger partial charge in [0.15, 0.2) is 11.0 Å². The number of pyridine rings is 1. The molecule has 0 aromatic carbocycles. The van der Waals surface area contributed by atoms with Crippen LogP contribution >= 0.6 is 23.2 Å². The number of nitrogens with zero attached hydrogens (tertiary/aromatic N) is 5. The Morgan fingerprint density at radius 1 is 1.37 bits per heavy atom. The lowest BCUT2D eigenvalue weighted by Gasteiger charge is -2.46.